The molecule has 48 heavy (non-hydrogen) atoms. The molecular weight excluding hydrogens is 640 g/mol. The van der Waals surface area contributed by atoms with E-state index in [4.69, 9.17) is 9.60 Å². The van der Waals surface area contributed by atoms with E-state index in [-0.39, 0.29) is 47.2 Å². The van der Waals surface area contributed by atoms with Crippen LogP contribution in [-0.4, -0.2) is 51.4 Å². The van der Waals surface area contributed by atoms with Crippen molar-refractivity contribution in [2.45, 2.75) is 70.2 Å². The minimum atomic E-state index is -5.08. The predicted molar refractivity (Wildman–Crippen MR) is 181 cm³/mol. The molecule has 1 aliphatic carbocycles. The highest BCUT2D eigenvalue weighted by Gasteiger charge is 2.32. The van der Waals surface area contributed by atoms with Crippen molar-refractivity contribution in [2.24, 2.45) is 0 Å². The molecule has 1 heterocycles. The second kappa shape index (κ2) is 15.5. The van der Waals surface area contributed by atoms with E-state index in [1.54, 1.807) is 0 Å². The number of carbonyl (C=O) groups is 1. The summed E-state index contributed by atoms with van der Waals surface area (Å²) in [5.41, 5.74) is -3.34. The van der Waals surface area contributed by atoms with Gasteiger partial charge in [0.25, 0.3) is 5.56 Å². The van der Waals surface area contributed by atoms with E-state index >= 15 is 0 Å². The third kappa shape index (κ3) is 8.54. The number of aromatic nitrogens is 2. The fraction of sp³-hybridized carbons (Fsp3) is 0.378. The molecule has 0 atom stereocenters. The van der Waals surface area contributed by atoms with Gasteiger partial charge in [-0.1, -0.05) is 74.0 Å². The molecule has 6 nitrogen and oxygen atoms in total. The van der Waals surface area contributed by atoms with Crippen LogP contribution in [-0.2, 0) is 42.6 Å². The van der Waals surface area contributed by atoms with E-state index in [2.05, 4.69) is 4.98 Å². The molecule has 1 aromatic heterocycles. The van der Waals surface area contributed by atoms with Gasteiger partial charge in [-0.2, -0.15) is 18.2 Å². The zero-order valence-corrected chi connectivity index (χ0v) is 27.5. The summed E-state index contributed by atoms with van der Waals surface area (Å²) in [5.74, 6) is -1.45. The monoisotopic (exact) mass is 689 g/mol. The van der Waals surface area contributed by atoms with E-state index in [0.29, 0.717) is 31.5 Å². The first kappa shape index (κ1) is 25.1. The first-order chi connectivity index (χ1) is 26.7. The van der Waals surface area contributed by atoms with Gasteiger partial charge in [0.1, 0.15) is 12.3 Å². The lowest BCUT2D eigenvalue weighted by Crippen LogP contribution is -2.40. The summed E-state index contributed by atoms with van der Waals surface area (Å²) >= 11 is 0.981. The fourth-order valence-corrected chi connectivity index (χ4v) is 6.25. The summed E-state index contributed by atoms with van der Waals surface area (Å²) in [4.78, 5) is 34.9. The molecule has 0 saturated heterocycles. The topological polar surface area (TPSA) is 58.4 Å². The van der Waals surface area contributed by atoms with Crippen molar-refractivity contribution >= 4 is 17.7 Å². The van der Waals surface area contributed by atoms with Gasteiger partial charge in [0.15, 0.2) is 5.16 Å². The van der Waals surface area contributed by atoms with Crippen molar-refractivity contribution in [3.8, 4) is 11.1 Å². The standard InChI is InChI=1S/C37H40F4N4O2S/c1-4-43(5-2)19-20-44(22-26-9-13-28(14-10-26)29-15-18-32(25(3)21-29)37(39,40)41)34(46)23-45-33-8-6-7-31(33)35(47)42-36(45)48-24-27-11-16-30(38)17-12-27/h9-18,21H,4-8,19-20,22-24H2,1-3H3/i9D,10D,13D,14D,15D,18D,21D,23D2. The Kier molecular flexibility index (Phi) is 8.10. The first-order valence-electron chi connectivity index (χ1n) is 20.0. The lowest BCUT2D eigenvalue weighted by Gasteiger charge is -2.28. The Morgan fingerprint density at radius 2 is 1.69 bits per heavy atom. The predicted octanol–water partition coefficient (Wildman–Crippen LogP) is 7.53. The van der Waals surface area contributed by atoms with Gasteiger partial charge in [0.05, 0.1) is 17.9 Å². The van der Waals surface area contributed by atoms with Gasteiger partial charge in [-0.25, -0.2) is 4.39 Å². The quantitative estimate of drug-likeness (QED) is 0.0826. The van der Waals surface area contributed by atoms with Crippen LogP contribution in [0, 0.1) is 12.7 Å². The number of nitrogens with zero attached hydrogens (tertiary/aromatic N) is 4. The van der Waals surface area contributed by atoms with Crippen LogP contribution in [0.4, 0.5) is 17.6 Å². The molecule has 1 amide bonds. The van der Waals surface area contributed by atoms with E-state index in [9.17, 15) is 29.9 Å². The Bertz CT molecular complexity index is 2210. The molecule has 11 heteroatoms. The van der Waals surface area contributed by atoms with Crippen molar-refractivity contribution in [1.82, 2.24) is 19.4 Å². The van der Waals surface area contributed by atoms with Gasteiger partial charge in [-0.3, -0.25) is 9.59 Å². The fourth-order valence-electron chi connectivity index (χ4n) is 5.33. The highest BCUT2D eigenvalue weighted by Crippen LogP contribution is 2.34. The molecular formula is C37H40F4N4O2S. The number of amides is 1. The largest absolute Gasteiger partial charge is 0.416 e. The molecule has 3 aromatic carbocycles. The molecule has 0 fully saturated rings. The second-order valence-electron chi connectivity index (χ2n) is 11.2. The molecule has 0 aliphatic heterocycles. The number of hydrogen-bond donors (Lipinski definition) is 0. The Hall–Kier alpha value is -3.96. The molecule has 0 saturated carbocycles. The SMILES string of the molecule is [2H]c1c([2H])c(-c2c([2H])c([2H])c(C(F)(F)F)c(C)c2[2H])c([2H])c([2H])c1CN(CCN(CC)CC)C(=O)C([2H])([2H])n1c(SCc2ccc(F)cc2)nc(=O)c2c1CCC2. The summed E-state index contributed by atoms with van der Waals surface area (Å²) in [5, 5.41) is -0.0985. The minimum absolute atomic E-state index is 0.0985. The number of halogens is 4. The zero-order valence-electron chi connectivity index (χ0n) is 35.7. The summed E-state index contributed by atoms with van der Waals surface area (Å²) in [6.45, 7) is 2.28. The van der Waals surface area contributed by atoms with Gasteiger partial charge in [0.2, 0.25) is 5.91 Å². The van der Waals surface area contributed by atoms with Gasteiger partial charge < -0.3 is 14.4 Å². The van der Waals surface area contributed by atoms with Gasteiger partial charge >= 0.3 is 6.18 Å². The van der Waals surface area contributed by atoms with Gasteiger partial charge in [-0.15, -0.1) is 0 Å². The number of fused-ring (bicyclic) bond motifs is 1. The normalized spacial score (nSPS) is 15.8. The smallest absolute Gasteiger partial charge is 0.336 e. The molecule has 0 N–H and O–H groups in total. The highest BCUT2D eigenvalue weighted by atomic mass is 32.2. The maximum atomic E-state index is 14.6. The Morgan fingerprint density at radius 1 is 1.00 bits per heavy atom. The number of alkyl halides is 3. The lowest BCUT2D eigenvalue weighted by atomic mass is 9.98. The number of rotatable bonds is 13. The average Bonchev–Trinajstić information content (AvgIpc) is 3.65. The third-order valence-corrected chi connectivity index (χ3v) is 9.03. The number of thioether (sulfide) groups is 1. The van der Waals surface area contributed by atoms with E-state index < -0.39 is 101 Å². The molecule has 5 rings (SSSR count). The van der Waals surface area contributed by atoms with Crippen LogP contribution in [0.25, 0.3) is 11.1 Å². The number of likely N-dealkylation sites (N-methyl/N-ethyl adjacent to an activating group) is 1. The zero-order chi connectivity index (χ0) is 42.3. The van der Waals surface area contributed by atoms with E-state index in [0.717, 1.165) is 28.2 Å². The van der Waals surface area contributed by atoms with Crippen LogP contribution >= 0.6 is 11.8 Å². The average molecular weight is 690 g/mol. The van der Waals surface area contributed by atoms with Crippen molar-refractivity contribution in [3.63, 3.8) is 0 Å². The van der Waals surface area contributed by atoms with Gasteiger partial charge in [-0.05, 0) is 85.3 Å². The summed E-state index contributed by atoms with van der Waals surface area (Å²) in [6.07, 6.45) is -3.99. The van der Waals surface area contributed by atoms with Crippen molar-refractivity contribution in [3.05, 3.63) is 116 Å². The Morgan fingerprint density at radius 3 is 2.35 bits per heavy atom. The summed E-state index contributed by atoms with van der Waals surface area (Å²) in [7, 11) is 0. The summed E-state index contributed by atoms with van der Waals surface area (Å²) < 4.78 is 135. The molecule has 0 unspecified atom stereocenters. The number of carbonyl (C=O) groups excluding carboxylic acids is 1. The van der Waals surface area contributed by atoms with Crippen LogP contribution in [0.15, 0.2) is 76.5 Å². The Balaban J connectivity index is 1.62. The number of hydrogen-bond acceptors (Lipinski definition) is 5. The van der Waals surface area contributed by atoms with Crippen LogP contribution in [0.1, 0.15) is 66.1 Å². The Labute approximate surface area is 295 Å². The minimum Gasteiger partial charge on any atom is -0.336 e. The first-order valence-corrected chi connectivity index (χ1v) is 16.5. The highest BCUT2D eigenvalue weighted by molar-refractivity contribution is 7.98. The lowest BCUT2D eigenvalue weighted by molar-refractivity contribution is -0.138. The van der Waals surface area contributed by atoms with Crippen LogP contribution < -0.4 is 5.56 Å². The van der Waals surface area contributed by atoms with Crippen LogP contribution in [0.5, 0.6) is 0 Å². The van der Waals surface area contributed by atoms with E-state index in [1.807, 2.05) is 18.7 Å². The molecule has 254 valence electrons. The van der Waals surface area contributed by atoms with Crippen molar-refractivity contribution in [1.29, 1.82) is 0 Å². The molecule has 0 spiro atoms. The van der Waals surface area contributed by atoms with Crippen molar-refractivity contribution < 1.29 is 34.7 Å². The second-order valence-corrected chi connectivity index (χ2v) is 12.1. The van der Waals surface area contributed by atoms with Crippen LogP contribution in [0.2, 0.25) is 0 Å². The third-order valence-electron chi connectivity index (χ3n) is 8.02. The maximum absolute atomic E-state index is 14.6. The summed E-state index contributed by atoms with van der Waals surface area (Å²) in [6, 6.07) is -0.866. The van der Waals surface area contributed by atoms with Crippen LogP contribution in [0.3, 0.4) is 0 Å². The molecule has 1 aliphatic rings. The molecule has 0 bridgehead atoms. The molecule has 0 radical (unpaired) electrons. The molecule has 4 aromatic rings. The number of benzene rings is 3. The van der Waals surface area contributed by atoms with Crippen molar-refractivity contribution in [2.75, 3.05) is 26.2 Å². The van der Waals surface area contributed by atoms with Gasteiger partial charge in [0, 0.05) is 36.6 Å². The van der Waals surface area contributed by atoms with E-state index in [1.165, 1.54) is 24.3 Å². The maximum Gasteiger partial charge on any atom is 0.416 e.